The lowest BCUT2D eigenvalue weighted by Gasteiger charge is -2.28. The molecule has 2 aliphatic heterocycles. The summed E-state index contributed by atoms with van der Waals surface area (Å²) in [6, 6.07) is 47.6. The molecule has 5 heteroatoms. The highest BCUT2D eigenvalue weighted by atomic mass is 32.1. The molecule has 284 valence electrons. The zero-order valence-corrected chi connectivity index (χ0v) is 33.3. The molecule has 6 aromatic carbocycles. The van der Waals surface area contributed by atoms with Crippen LogP contribution in [0.4, 0.5) is 0 Å². The van der Waals surface area contributed by atoms with E-state index >= 15 is 0 Å². The summed E-state index contributed by atoms with van der Waals surface area (Å²) in [6.45, 7) is 4.27. The predicted octanol–water partition coefficient (Wildman–Crippen LogP) is 11.6. The average Bonchev–Trinajstić information content (AvgIpc) is 3.87. The van der Waals surface area contributed by atoms with Crippen LogP contribution in [-0.2, 0) is 0 Å². The predicted molar refractivity (Wildman–Crippen MR) is 248 cm³/mol. The van der Waals surface area contributed by atoms with Gasteiger partial charge in [0.25, 0.3) is 0 Å². The van der Waals surface area contributed by atoms with Gasteiger partial charge in [-0.05, 0) is 87.1 Å². The highest BCUT2D eigenvalue weighted by molar-refractivity contribution is 7.25. The first kappa shape index (κ1) is 35.4. The molecular formula is C54H41N3OS. The maximum atomic E-state index is 7.08. The van der Waals surface area contributed by atoms with Gasteiger partial charge in [-0.1, -0.05) is 146 Å². The number of fused-ring (bicyclic) bond motifs is 6. The van der Waals surface area contributed by atoms with Gasteiger partial charge in [0, 0.05) is 55.1 Å². The molecule has 0 spiro atoms. The Bertz CT molecular complexity index is 3110. The van der Waals surface area contributed by atoms with Gasteiger partial charge in [0.05, 0.1) is 0 Å². The number of nitrogens with one attached hydrogen (secondary N) is 1. The fraction of sp³-hybridized carbons (Fsp3) is 0.111. The monoisotopic (exact) mass is 779 g/mol. The Hall–Kier alpha value is -6.82. The lowest BCUT2D eigenvalue weighted by molar-refractivity contribution is 0.244. The quantitative estimate of drug-likeness (QED) is 0.175. The van der Waals surface area contributed by atoms with Crippen LogP contribution in [0.1, 0.15) is 41.6 Å². The molecule has 4 nitrogen and oxygen atoms in total. The molecule has 4 aliphatic rings. The minimum Gasteiger partial charge on any atom is -0.484 e. The lowest BCUT2D eigenvalue weighted by atomic mass is 9.79. The van der Waals surface area contributed by atoms with Crippen molar-refractivity contribution in [1.29, 1.82) is 0 Å². The summed E-state index contributed by atoms with van der Waals surface area (Å²) in [5.41, 5.74) is 9.04. The van der Waals surface area contributed by atoms with Crippen LogP contribution in [0.25, 0.3) is 55.1 Å². The average molecular weight is 780 g/mol. The van der Waals surface area contributed by atoms with Crippen LogP contribution in [-0.4, -0.2) is 17.8 Å². The molecule has 11 rings (SSSR count). The summed E-state index contributed by atoms with van der Waals surface area (Å²) < 4.78 is 9.62. The van der Waals surface area contributed by atoms with Gasteiger partial charge in [-0.15, -0.1) is 11.3 Å². The van der Waals surface area contributed by atoms with Crippen molar-refractivity contribution in [1.82, 2.24) is 5.32 Å². The highest BCUT2D eigenvalue weighted by Crippen LogP contribution is 2.50. The van der Waals surface area contributed by atoms with Crippen molar-refractivity contribution >= 4 is 55.8 Å². The van der Waals surface area contributed by atoms with E-state index in [1.165, 1.54) is 31.3 Å². The maximum Gasteiger partial charge on any atom is 0.169 e. The third-order valence-corrected chi connectivity index (χ3v) is 13.2. The van der Waals surface area contributed by atoms with Crippen molar-refractivity contribution in [2.75, 3.05) is 0 Å². The van der Waals surface area contributed by atoms with E-state index in [2.05, 4.69) is 182 Å². The number of ether oxygens (including phenoxy) is 1. The molecule has 0 radical (unpaired) electrons. The zero-order chi connectivity index (χ0) is 39.3. The van der Waals surface area contributed by atoms with Gasteiger partial charge in [-0.3, -0.25) is 0 Å². The maximum absolute atomic E-state index is 7.08. The van der Waals surface area contributed by atoms with Gasteiger partial charge in [-0.25, -0.2) is 9.98 Å². The Morgan fingerprint density at radius 3 is 2.46 bits per heavy atom. The molecule has 3 heterocycles. The van der Waals surface area contributed by atoms with Crippen molar-refractivity contribution in [3.8, 4) is 28.0 Å². The lowest BCUT2D eigenvalue weighted by Crippen LogP contribution is -2.35. The Balaban J connectivity index is 1.04. The third-order valence-electron chi connectivity index (χ3n) is 12.0. The van der Waals surface area contributed by atoms with Crippen LogP contribution < -0.4 is 20.5 Å². The molecular weight excluding hydrogens is 739 g/mol. The largest absolute Gasteiger partial charge is 0.484 e. The molecule has 7 aromatic rings. The normalized spacial score (nSPS) is 20.7. The molecule has 0 saturated carbocycles. The first-order chi connectivity index (χ1) is 29.1. The van der Waals surface area contributed by atoms with E-state index in [4.69, 9.17) is 14.7 Å². The number of rotatable bonds is 7. The van der Waals surface area contributed by atoms with Crippen LogP contribution in [0, 0.1) is 5.92 Å². The van der Waals surface area contributed by atoms with Crippen molar-refractivity contribution in [2.24, 2.45) is 15.9 Å². The number of para-hydroxylation sites is 1. The third kappa shape index (κ3) is 6.58. The fourth-order valence-corrected chi connectivity index (χ4v) is 10.1. The zero-order valence-electron chi connectivity index (χ0n) is 32.5. The van der Waals surface area contributed by atoms with E-state index in [9.17, 15) is 0 Å². The van der Waals surface area contributed by atoms with Crippen LogP contribution in [0.5, 0.6) is 5.75 Å². The summed E-state index contributed by atoms with van der Waals surface area (Å²) in [6.07, 6.45) is 18.9. The molecule has 1 aromatic heterocycles. The molecule has 0 amide bonds. The number of nitrogens with zero attached hydrogens (tertiary/aromatic N) is 2. The molecule has 0 saturated heterocycles. The topological polar surface area (TPSA) is 46.0 Å². The van der Waals surface area contributed by atoms with Crippen LogP contribution in [0.3, 0.4) is 0 Å². The van der Waals surface area contributed by atoms with Crippen molar-refractivity contribution in [2.45, 2.75) is 31.0 Å². The standard InChI is InChI=1S/C54H41N3OS/c1-34-14-8-9-15-35(34)27-29-50-55-53(38-26-28-49-47(33-38)44-20-10-11-25-48(44)59-49)57-54(56-50)41-31-39(36-16-4-2-5-17-36)30-40(32-41)43-22-13-24-46-45-23-12-21-42(51(45)58-52(43)46)37-18-6-3-7-19-37/h2-18,20-28,30-33,37,45,51,54H,1,19,29H2,(H,55,56,57)/b35-27-. The second kappa shape index (κ2) is 14.8. The highest BCUT2D eigenvalue weighted by Gasteiger charge is 2.39. The van der Waals surface area contributed by atoms with Crippen molar-refractivity contribution < 1.29 is 4.74 Å². The Morgan fingerprint density at radius 2 is 1.56 bits per heavy atom. The van der Waals surface area contributed by atoms with Crippen LogP contribution in [0.2, 0.25) is 0 Å². The number of hydrogen-bond donors (Lipinski definition) is 1. The van der Waals surface area contributed by atoms with Gasteiger partial charge >= 0.3 is 0 Å². The van der Waals surface area contributed by atoms with Crippen molar-refractivity contribution in [3.63, 3.8) is 0 Å². The number of benzene rings is 6. The second-order valence-corrected chi connectivity index (χ2v) is 16.8. The number of thiophene rings is 1. The summed E-state index contributed by atoms with van der Waals surface area (Å²) >= 11 is 1.83. The van der Waals surface area contributed by atoms with Crippen LogP contribution in [0.15, 0.2) is 192 Å². The number of aliphatic imine (C=N–C) groups is 2. The van der Waals surface area contributed by atoms with Gasteiger partial charge in [-0.2, -0.15) is 0 Å². The summed E-state index contributed by atoms with van der Waals surface area (Å²) in [5, 5.41) is 8.25. The molecule has 0 fully saturated rings. The molecule has 4 atom stereocenters. The fourth-order valence-electron chi connectivity index (χ4n) is 9.03. The van der Waals surface area contributed by atoms with E-state index < -0.39 is 6.17 Å². The minimum absolute atomic E-state index is 0.0322. The van der Waals surface area contributed by atoms with Crippen LogP contribution >= 0.6 is 11.3 Å². The Labute approximate surface area is 348 Å². The molecule has 2 aliphatic carbocycles. The van der Waals surface area contributed by atoms with Gasteiger partial charge in [0.2, 0.25) is 0 Å². The van der Waals surface area contributed by atoms with E-state index in [1.54, 1.807) is 0 Å². The molecule has 4 unspecified atom stereocenters. The van der Waals surface area contributed by atoms with Gasteiger partial charge < -0.3 is 10.1 Å². The molecule has 1 N–H and O–H groups in total. The van der Waals surface area contributed by atoms with E-state index in [0.29, 0.717) is 12.3 Å². The van der Waals surface area contributed by atoms with Gasteiger partial charge in [0.1, 0.15) is 23.5 Å². The number of hydrogen-bond acceptors (Lipinski definition) is 5. The molecule has 59 heavy (non-hydrogen) atoms. The summed E-state index contributed by atoms with van der Waals surface area (Å²) in [4.78, 5) is 10.8. The summed E-state index contributed by atoms with van der Waals surface area (Å²) in [5.74, 6) is 3.13. The Kier molecular flexibility index (Phi) is 8.89. The first-order valence-corrected chi connectivity index (χ1v) is 21.2. The molecule has 0 bridgehead atoms. The smallest absolute Gasteiger partial charge is 0.169 e. The van der Waals surface area contributed by atoms with Gasteiger partial charge in [0.15, 0.2) is 6.17 Å². The number of allylic oxidation sites excluding steroid dienone is 6. The first-order valence-electron chi connectivity index (χ1n) is 20.4. The Morgan fingerprint density at radius 1 is 0.712 bits per heavy atom. The van der Waals surface area contributed by atoms with E-state index in [1.807, 2.05) is 23.5 Å². The van der Waals surface area contributed by atoms with E-state index in [-0.39, 0.29) is 12.0 Å². The number of amidine groups is 2. The minimum atomic E-state index is -0.481. The van der Waals surface area contributed by atoms with Crippen molar-refractivity contribution in [3.05, 3.63) is 209 Å². The SMILES string of the molecule is C=c1cccc/c1=C/CC1=NC(c2cc(-c3ccccc3)cc(-c3cccc4c3OC3C(C5C=CC=CC5)=CC=CC43)c2)N=C(c2ccc3sc4ccccc4c3c2)N1. The second-order valence-electron chi connectivity index (χ2n) is 15.7. The van der Waals surface area contributed by atoms with E-state index in [0.717, 1.165) is 67.7 Å². The summed E-state index contributed by atoms with van der Waals surface area (Å²) in [7, 11) is 0.